The lowest BCUT2D eigenvalue weighted by Gasteiger charge is -2.06. The number of sulfonamides is 1. The molecule has 0 bridgehead atoms. The maximum Gasteiger partial charge on any atom is 0.347 e. The number of carboxylic acid groups (broad SMARTS) is 1. The molecule has 0 aromatic carbocycles. The Hall–Kier alpha value is -1.64. The molecule has 0 aliphatic heterocycles. The summed E-state index contributed by atoms with van der Waals surface area (Å²) in [5, 5.41) is 10.4. The Morgan fingerprint density at radius 2 is 2.11 bits per heavy atom. The van der Waals surface area contributed by atoms with Gasteiger partial charge in [-0.1, -0.05) is 17.7 Å². The van der Waals surface area contributed by atoms with Crippen LogP contribution in [0.2, 0.25) is 5.15 Å². The number of carboxylic acids is 1. The summed E-state index contributed by atoms with van der Waals surface area (Å²) in [6.07, 6.45) is 0. The summed E-state index contributed by atoms with van der Waals surface area (Å²) in [6.45, 7) is 0. The van der Waals surface area contributed by atoms with Gasteiger partial charge in [0.25, 0.3) is 10.0 Å². The molecule has 0 saturated heterocycles. The molecule has 19 heavy (non-hydrogen) atoms. The first-order chi connectivity index (χ1) is 8.90. The number of aromatic carboxylic acids is 1. The van der Waals surface area contributed by atoms with Crippen molar-refractivity contribution in [3.63, 3.8) is 0 Å². The molecule has 0 radical (unpaired) electrons. The minimum Gasteiger partial charge on any atom is -0.477 e. The zero-order valence-corrected chi connectivity index (χ0v) is 11.6. The number of thiophene rings is 1. The minimum absolute atomic E-state index is 0.0232. The largest absolute Gasteiger partial charge is 0.477 e. The number of nitrogens with zero attached hydrogens (tertiary/aromatic N) is 1. The first kappa shape index (κ1) is 13.8. The fraction of sp³-hybridized carbons (Fsp3) is 0. The second-order valence-corrected chi connectivity index (χ2v) is 6.32. The topological polar surface area (TPSA) is 96.4 Å². The molecule has 0 unspecified atom stereocenters. The van der Waals surface area contributed by atoms with Gasteiger partial charge in [0.05, 0.1) is 0 Å². The predicted molar refractivity (Wildman–Crippen MR) is 71.3 cm³/mol. The monoisotopic (exact) mass is 318 g/mol. The standard InChI is InChI=1S/C10H7ClN2O4S2/c11-7-2-1-3-8(12-7)13-19(16,17)6-4-5-18-9(6)10(14)15/h1-5H,(H,12,13)(H,14,15). The molecule has 2 heterocycles. The smallest absolute Gasteiger partial charge is 0.347 e. The van der Waals surface area contributed by atoms with E-state index in [0.29, 0.717) is 0 Å². The van der Waals surface area contributed by atoms with E-state index in [1.54, 1.807) is 0 Å². The highest BCUT2D eigenvalue weighted by Gasteiger charge is 2.24. The minimum atomic E-state index is -4.00. The van der Waals surface area contributed by atoms with E-state index >= 15 is 0 Å². The maximum absolute atomic E-state index is 12.0. The van der Waals surface area contributed by atoms with Crippen molar-refractivity contribution in [1.29, 1.82) is 0 Å². The molecule has 2 aromatic heterocycles. The van der Waals surface area contributed by atoms with E-state index in [0.717, 1.165) is 11.3 Å². The van der Waals surface area contributed by atoms with Gasteiger partial charge in [0.2, 0.25) is 0 Å². The molecule has 2 aromatic rings. The third kappa shape index (κ3) is 3.03. The third-order valence-corrected chi connectivity index (χ3v) is 4.71. The van der Waals surface area contributed by atoms with E-state index in [9.17, 15) is 13.2 Å². The SMILES string of the molecule is O=C(O)c1sccc1S(=O)(=O)Nc1cccc(Cl)n1. The quantitative estimate of drug-likeness (QED) is 0.843. The van der Waals surface area contributed by atoms with E-state index in [2.05, 4.69) is 9.71 Å². The van der Waals surface area contributed by atoms with Crippen molar-refractivity contribution in [2.75, 3.05) is 4.72 Å². The number of anilines is 1. The third-order valence-electron chi connectivity index (χ3n) is 2.07. The van der Waals surface area contributed by atoms with Crippen LogP contribution < -0.4 is 4.72 Å². The molecule has 0 aliphatic carbocycles. The molecule has 0 amide bonds. The van der Waals surface area contributed by atoms with Gasteiger partial charge >= 0.3 is 5.97 Å². The Morgan fingerprint density at radius 1 is 1.37 bits per heavy atom. The lowest BCUT2D eigenvalue weighted by Crippen LogP contribution is -2.15. The number of hydrogen-bond acceptors (Lipinski definition) is 5. The molecular formula is C10H7ClN2O4S2. The van der Waals surface area contributed by atoms with Crippen LogP contribution in [-0.2, 0) is 10.0 Å². The van der Waals surface area contributed by atoms with Gasteiger partial charge in [0.1, 0.15) is 20.7 Å². The highest BCUT2D eigenvalue weighted by Crippen LogP contribution is 2.24. The van der Waals surface area contributed by atoms with Crippen LogP contribution >= 0.6 is 22.9 Å². The molecule has 9 heteroatoms. The molecule has 0 saturated carbocycles. The fourth-order valence-electron chi connectivity index (χ4n) is 1.32. The summed E-state index contributed by atoms with van der Waals surface area (Å²) in [6, 6.07) is 5.66. The zero-order chi connectivity index (χ0) is 14.0. The van der Waals surface area contributed by atoms with Crippen molar-refractivity contribution >= 4 is 44.7 Å². The summed E-state index contributed by atoms with van der Waals surface area (Å²) in [7, 11) is -4.00. The van der Waals surface area contributed by atoms with E-state index in [1.165, 1.54) is 29.6 Å². The van der Waals surface area contributed by atoms with Crippen molar-refractivity contribution in [2.45, 2.75) is 4.90 Å². The molecule has 0 aliphatic rings. The van der Waals surface area contributed by atoms with E-state index < -0.39 is 16.0 Å². The first-order valence-corrected chi connectivity index (χ1v) is 7.60. The van der Waals surface area contributed by atoms with Gasteiger partial charge in [-0.15, -0.1) is 11.3 Å². The lowest BCUT2D eigenvalue weighted by atomic mass is 10.5. The van der Waals surface area contributed by atoms with E-state index in [1.807, 2.05) is 0 Å². The molecule has 0 spiro atoms. The highest BCUT2D eigenvalue weighted by molar-refractivity contribution is 7.93. The Balaban J connectivity index is 2.38. The van der Waals surface area contributed by atoms with Gasteiger partial charge in [-0.25, -0.2) is 18.2 Å². The molecule has 0 atom stereocenters. The van der Waals surface area contributed by atoms with Gasteiger partial charge in [-0.3, -0.25) is 4.72 Å². The van der Waals surface area contributed by atoms with Crippen LogP contribution in [0.25, 0.3) is 0 Å². The summed E-state index contributed by atoms with van der Waals surface area (Å²) in [5.41, 5.74) is 0. The summed E-state index contributed by atoms with van der Waals surface area (Å²) in [4.78, 5) is 14.1. The van der Waals surface area contributed by atoms with Crippen molar-refractivity contribution in [3.8, 4) is 0 Å². The number of aromatic nitrogens is 1. The zero-order valence-electron chi connectivity index (χ0n) is 9.20. The van der Waals surface area contributed by atoms with Gasteiger partial charge < -0.3 is 5.11 Å². The lowest BCUT2D eigenvalue weighted by molar-refractivity contribution is 0.0698. The average molecular weight is 319 g/mol. The second-order valence-electron chi connectivity index (χ2n) is 3.37. The number of halogens is 1. The Labute approximate surface area is 117 Å². The normalized spacial score (nSPS) is 11.2. The van der Waals surface area contributed by atoms with Crippen LogP contribution in [-0.4, -0.2) is 24.5 Å². The number of nitrogens with one attached hydrogen (secondary N) is 1. The van der Waals surface area contributed by atoms with Crippen LogP contribution in [0.4, 0.5) is 5.82 Å². The number of rotatable bonds is 4. The number of hydrogen-bond donors (Lipinski definition) is 2. The predicted octanol–water partition coefficient (Wildman–Crippen LogP) is 2.30. The summed E-state index contributed by atoms with van der Waals surface area (Å²) in [5.74, 6) is -1.27. The summed E-state index contributed by atoms with van der Waals surface area (Å²) < 4.78 is 26.3. The Bertz CT molecular complexity index is 727. The molecule has 2 rings (SSSR count). The molecule has 6 nitrogen and oxygen atoms in total. The first-order valence-electron chi connectivity index (χ1n) is 4.86. The van der Waals surface area contributed by atoms with Gasteiger partial charge in [0, 0.05) is 0 Å². The van der Waals surface area contributed by atoms with Crippen LogP contribution in [0, 0.1) is 0 Å². The highest BCUT2D eigenvalue weighted by atomic mass is 35.5. The van der Waals surface area contributed by atoms with Crippen molar-refractivity contribution in [3.05, 3.63) is 39.7 Å². The fourth-order valence-corrected chi connectivity index (χ4v) is 3.75. The van der Waals surface area contributed by atoms with Crippen LogP contribution in [0.3, 0.4) is 0 Å². The second kappa shape index (κ2) is 5.16. The number of pyridine rings is 1. The van der Waals surface area contributed by atoms with Gasteiger partial charge in [-0.2, -0.15) is 0 Å². The number of carbonyl (C=O) groups is 1. The molecular weight excluding hydrogens is 312 g/mol. The summed E-state index contributed by atoms with van der Waals surface area (Å²) >= 11 is 6.48. The maximum atomic E-state index is 12.0. The van der Waals surface area contributed by atoms with Crippen molar-refractivity contribution < 1.29 is 18.3 Å². The molecule has 100 valence electrons. The van der Waals surface area contributed by atoms with Gasteiger partial charge in [0.15, 0.2) is 0 Å². The van der Waals surface area contributed by atoms with E-state index in [-0.39, 0.29) is 20.7 Å². The molecule has 2 N–H and O–H groups in total. The van der Waals surface area contributed by atoms with Gasteiger partial charge in [-0.05, 0) is 23.6 Å². The molecule has 0 fully saturated rings. The Kier molecular flexibility index (Phi) is 3.74. The van der Waals surface area contributed by atoms with Crippen LogP contribution in [0.5, 0.6) is 0 Å². The van der Waals surface area contributed by atoms with E-state index in [4.69, 9.17) is 16.7 Å². The van der Waals surface area contributed by atoms with Crippen LogP contribution in [0.15, 0.2) is 34.5 Å². The van der Waals surface area contributed by atoms with Crippen molar-refractivity contribution in [1.82, 2.24) is 4.98 Å². The average Bonchev–Trinajstić information content (AvgIpc) is 2.77. The van der Waals surface area contributed by atoms with Crippen molar-refractivity contribution in [2.24, 2.45) is 0 Å². The van der Waals surface area contributed by atoms with Crippen LogP contribution in [0.1, 0.15) is 9.67 Å². The Morgan fingerprint density at radius 3 is 2.74 bits per heavy atom.